The third-order valence-electron chi connectivity index (χ3n) is 3.23. The van der Waals surface area contributed by atoms with Gasteiger partial charge in [-0.15, -0.1) is 0 Å². The third kappa shape index (κ3) is 5.18. The first-order valence-electron chi connectivity index (χ1n) is 6.90. The summed E-state index contributed by atoms with van der Waals surface area (Å²) in [4.78, 5) is 11.9. The van der Waals surface area contributed by atoms with Crippen molar-refractivity contribution in [3.63, 3.8) is 0 Å². The Bertz CT molecular complexity index is 705. The van der Waals surface area contributed by atoms with Gasteiger partial charge in [-0.25, -0.2) is 5.43 Å². The first kappa shape index (κ1) is 17.7. The number of hydrazone groups is 1. The van der Waals surface area contributed by atoms with Crippen LogP contribution in [-0.4, -0.2) is 19.2 Å². The van der Waals surface area contributed by atoms with Crippen LogP contribution in [-0.2, 0) is 11.2 Å². The maximum absolute atomic E-state index is 11.9. The second-order valence-electron chi connectivity index (χ2n) is 4.93. The van der Waals surface area contributed by atoms with Gasteiger partial charge in [-0.2, -0.15) is 5.10 Å². The zero-order valence-corrected chi connectivity index (χ0v) is 15.9. The zero-order valence-electron chi connectivity index (χ0n) is 12.8. The molecule has 23 heavy (non-hydrogen) atoms. The highest BCUT2D eigenvalue weighted by molar-refractivity contribution is 9.11. The van der Waals surface area contributed by atoms with E-state index in [1.807, 2.05) is 43.3 Å². The van der Waals surface area contributed by atoms with E-state index in [1.165, 1.54) is 0 Å². The van der Waals surface area contributed by atoms with Crippen molar-refractivity contribution < 1.29 is 9.53 Å². The number of nitrogens with zero attached hydrogens (tertiary/aromatic N) is 1. The number of carbonyl (C=O) groups excluding carboxylic acids is 1. The number of ether oxygens (including phenoxy) is 1. The highest BCUT2D eigenvalue weighted by Gasteiger charge is 2.04. The molecule has 120 valence electrons. The van der Waals surface area contributed by atoms with Crippen LogP contribution in [0.1, 0.15) is 16.7 Å². The first-order valence-corrected chi connectivity index (χ1v) is 8.48. The topological polar surface area (TPSA) is 50.7 Å². The Hall–Kier alpha value is -1.66. The summed E-state index contributed by atoms with van der Waals surface area (Å²) >= 11 is 6.97. The summed E-state index contributed by atoms with van der Waals surface area (Å²) in [5.41, 5.74) is 5.44. The van der Waals surface area contributed by atoms with Crippen LogP contribution in [0, 0.1) is 6.92 Å². The maximum Gasteiger partial charge on any atom is 0.244 e. The summed E-state index contributed by atoms with van der Waals surface area (Å²) in [6.45, 7) is 2.01. The van der Waals surface area contributed by atoms with Crippen molar-refractivity contribution in [2.75, 3.05) is 7.11 Å². The lowest BCUT2D eigenvalue weighted by molar-refractivity contribution is -0.120. The number of nitrogens with one attached hydrogen (secondary N) is 1. The molecule has 0 aliphatic rings. The molecule has 2 aromatic carbocycles. The van der Waals surface area contributed by atoms with Gasteiger partial charge in [-0.1, -0.05) is 44.0 Å². The summed E-state index contributed by atoms with van der Waals surface area (Å²) in [5.74, 6) is 0.597. The van der Waals surface area contributed by atoms with Gasteiger partial charge in [0.25, 0.3) is 0 Å². The van der Waals surface area contributed by atoms with Gasteiger partial charge < -0.3 is 4.74 Å². The van der Waals surface area contributed by atoms with Crippen LogP contribution in [0.4, 0.5) is 0 Å². The van der Waals surface area contributed by atoms with E-state index in [2.05, 4.69) is 42.4 Å². The van der Waals surface area contributed by atoms with Gasteiger partial charge in [0.15, 0.2) is 0 Å². The van der Waals surface area contributed by atoms with Gasteiger partial charge >= 0.3 is 0 Å². The number of methoxy groups -OCH3 is 1. The van der Waals surface area contributed by atoms with Crippen molar-refractivity contribution >= 4 is 44.0 Å². The smallest absolute Gasteiger partial charge is 0.244 e. The molecule has 0 radical (unpaired) electrons. The molecule has 0 bridgehead atoms. The average molecular weight is 440 g/mol. The van der Waals surface area contributed by atoms with Crippen molar-refractivity contribution in [3.8, 4) is 5.75 Å². The second-order valence-corrected chi connectivity index (χ2v) is 6.64. The molecule has 0 saturated heterocycles. The molecule has 2 aromatic rings. The summed E-state index contributed by atoms with van der Waals surface area (Å²) < 4.78 is 7.05. The number of halogens is 2. The Labute approximate surface area is 152 Å². The minimum absolute atomic E-state index is 0.170. The van der Waals surface area contributed by atoms with Gasteiger partial charge in [0.2, 0.25) is 5.91 Å². The molecule has 0 saturated carbocycles. The van der Waals surface area contributed by atoms with E-state index in [1.54, 1.807) is 13.3 Å². The fourth-order valence-electron chi connectivity index (χ4n) is 1.89. The Balaban J connectivity index is 1.93. The van der Waals surface area contributed by atoms with Crippen LogP contribution in [0.15, 0.2) is 50.4 Å². The lowest BCUT2D eigenvalue weighted by atomic mass is 10.1. The Morgan fingerprint density at radius 2 is 1.83 bits per heavy atom. The molecule has 0 atom stereocenters. The molecule has 0 unspecified atom stereocenters. The van der Waals surface area contributed by atoms with Crippen molar-refractivity contribution in [1.82, 2.24) is 5.43 Å². The molecule has 4 nitrogen and oxygen atoms in total. The number of hydrogen-bond acceptors (Lipinski definition) is 3. The number of amides is 1. The minimum atomic E-state index is -0.170. The molecule has 0 aliphatic heterocycles. The van der Waals surface area contributed by atoms with E-state index in [9.17, 15) is 4.79 Å². The Morgan fingerprint density at radius 1 is 1.22 bits per heavy atom. The lowest BCUT2D eigenvalue weighted by Gasteiger charge is -2.04. The maximum atomic E-state index is 11.9. The first-order chi connectivity index (χ1) is 11.0. The fourth-order valence-corrected chi connectivity index (χ4v) is 3.11. The lowest BCUT2D eigenvalue weighted by Crippen LogP contribution is -2.19. The fraction of sp³-hybridized carbons (Fsp3) is 0.176. The van der Waals surface area contributed by atoms with Crippen LogP contribution >= 0.6 is 31.9 Å². The van der Waals surface area contributed by atoms with Gasteiger partial charge in [0.05, 0.1) is 19.7 Å². The molecule has 0 aromatic heterocycles. The molecule has 0 fully saturated rings. The minimum Gasteiger partial charge on any atom is -0.497 e. The molecule has 0 spiro atoms. The largest absolute Gasteiger partial charge is 0.497 e. The number of rotatable bonds is 5. The van der Waals surface area contributed by atoms with Crippen molar-refractivity contribution in [1.29, 1.82) is 0 Å². The van der Waals surface area contributed by atoms with E-state index in [4.69, 9.17) is 4.74 Å². The summed E-state index contributed by atoms with van der Waals surface area (Å²) in [5, 5.41) is 3.99. The van der Waals surface area contributed by atoms with E-state index in [-0.39, 0.29) is 12.3 Å². The summed E-state index contributed by atoms with van der Waals surface area (Å²) in [7, 11) is 1.61. The van der Waals surface area contributed by atoms with Crippen LogP contribution < -0.4 is 10.2 Å². The monoisotopic (exact) mass is 438 g/mol. The van der Waals surface area contributed by atoms with E-state index < -0.39 is 0 Å². The Kier molecular flexibility index (Phi) is 6.36. The van der Waals surface area contributed by atoms with Crippen LogP contribution in [0.3, 0.4) is 0 Å². The highest BCUT2D eigenvalue weighted by atomic mass is 79.9. The summed E-state index contributed by atoms with van der Waals surface area (Å²) in [6.07, 6.45) is 1.88. The molecule has 1 N–H and O–H groups in total. The standard InChI is InChI=1S/C17H16Br2N2O2/c1-11-15(18)7-13(8-16(11)19)10-20-21-17(22)9-12-3-5-14(23-2)6-4-12/h3-8,10H,9H2,1-2H3,(H,21,22)/b20-10-. The molecule has 0 aliphatic carbocycles. The van der Waals surface area contributed by atoms with Gasteiger partial charge in [-0.3, -0.25) is 4.79 Å². The van der Waals surface area contributed by atoms with E-state index in [0.29, 0.717) is 0 Å². The van der Waals surface area contributed by atoms with Crippen LogP contribution in [0.2, 0.25) is 0 Å². The normalized spacial score (nSPS) is 10.8. The van der Waals surface area contributed by atoms with Gasteiger partial charge in [0, 0.05) is 8.95 Å². The van der Waals surface area contributed by atoms with Crippen LogP contribution in [0.25, 0.3) is 0 Å². The highest BCUT2D eigenvalue weighted by Crippen LogP contribution is 2.25. The molecular formula is C17H16Br2N2O2. The molecule has 6 heteroatoms. The van der Waals surface area contributed by atoms with E-state index >= 15 is 0 Å². The Morgan fingerprint density at radius 3 is 2.39 bits per heavy atom. The summed E-state index contributed by atoms with van der Waals surface area (Å²) in [6, 6.07) is 11.3. The van der Waals surface area contributed by atoms with Crippen molar-refractivity contribution in [2.24, 2.45) is 5.10 Å². The quantitative estimate of drug-likeness (QED) is 0.560. The molecule has 2 rings (SSSR count). The predicted octanol–water partition coefficient (Wildman–Crippen LogP) is 4.22. The second kappa shape index (κ2) is 8.26. The van der Waals surface area contributed by atoms with Gasteiger partial charge in [-0.05, 0) is 47.9 Å². The molecule has 0 heterocycles. The van der Waals surface area contributed by atoms with Crippen molar-refractivity contribution in [3.05, 3.63) is 62.0 Å². The predicted molar refractivity (Wildman–Crippen MR) is 99.0 cm³/mol. The number of carbonyl (C=O) groups is 1. The van der Waals surface area contributed by atoms with Crippen LogP contribution in [0.5, 0.6) is 5.75 Å². The molecule has 1 amide bonds. The third-order valence-corrected chi connectivity index (χ3v) is 4.88. The zero-order chi connectivity index (χ0) is 16.8. The number of hydrogen-bond donors (Lipinski definition) is 1. The average Bonchev–Trinajstić information content (AvgIpc) is 2.53. The number of benzene rings is 2. The van der Waals surface area contributed by atoms with Gasteiger partial charge in [0.1, 0.15) is 5.75 Å². The molecular weight excluding hydrogens is 424 g/mol. The SMILES string of the molecule is COc1ccc(CC(=O)N/N=C\c2cc(Br)c(C)c(Br)c2)cc1. The van der Waals surface area contributed by atoms with Crippen molar-refractivity contribution in [2.45, 2.75) is 13.3 Å². The van der Waals surface area contributed by atoms with E-state index in [0.717, 1.165) is 31.4 Å².